The van der Waals surface area contributed by atoms with Gasteiger partial charge in [-0.2, -0.15) is 5.10 Å². The Morgan fingerprint density at radius 3 is 2.36 bits per heavy atom. The molecule has 0 spiro atoms. The van der Waals surface area contributed by atoms with E-state index in [1.54, 1.807) is 14.2 Å². The number of benzene rings is 1. The molecule has 1 aromatic rings. The number of carbonyl (C=O) groups is 1. The van der Waals surface area contributed by atoms with E-state index in [1.807, 2.05) is 23.2 Å². The van der Waals surface area contributed by atoms with Crippen molar-refractivity contribution in [2.45, 2.75) is 44.6 Å². The number of piperidine rings is 1. The molecule has 2 fully saturated rings. The number of nitrogens with zero attached hydrogens (tertiary/aromatic N) is 2. The van der Waals surface area contributed by atoms with Crippen molar-refractivity contribution in [3.05, 3.63) is 23.8 Å². The van der Waals surface area contributed by atoms with Crippen molar-refractivity contribution < 1.29 is 14.3 Å². The summed E-state index contributed by atoms with van der Waals surface area (Å²) in [5.74, 6) is 1.92. The van der Waals surface area contributed by atoms with Gasteiger partial charge in [-0.3, -0.25) is 4.79 Å². The second-order valence-corrected chi connectivity index (χ2v) is 7.72. The highest BCUT2D eigenvalue weighted by Gasteiger charge is 2.43. The highest BCUT2D eigenvalue weighted by atomic mass is 35.5. The summed E-state index contributed by atoms with van der Waals surface area (Å²) in [5, 5.41) is 10.1. The fourth-order valence-corrected chi connectivity index (χ4v) is 4.74. The molecule has 1 aliphatic carbocycles. The zero-order valence-corrected chi connectivity index (χ0v) is 17.5. The lowest BCUT2D eigenvalue weighted by atomic mass is 9.73. The first-order valence-electron chi connectivity index (χ1n) is 10.1. The first-order chi connectivity index (χ1) is 13.2. The van der Waals surface area contributed by atoms with E-state index in [9.17, 15) is 4.79 Å². The van der Waals surface area contributed by atoms with Crippen LogP contribution in [0.25, 0.3) is 0 Å². The highest BCUT2D eigenvalue weighted by molar-refractivity contribution is 6.07. The van der Waals surface area contributed by atoms with Crippen molar-refractivity contribution in [2.75, 3.05) is 27.3 Å². The Labute approximate surface area is 173 Å². The Bertz CT molecular complexity index is 734. The van der Waals surface area contributed by atoms with E-state index >= 15 is 0 Å². The van der Waals surface area contributed by atoms with Crippen LogP contribution in [0.15, 0.2) is 23.3 Å². The summed E-state index contributed by atoms with van der Waals surface area (Å²) >= 11 is 0. The summed E-state index contributed by atoms with van der Waals surface area (Å²) in [7, 11) is 3.29. The number of hydrogen-bond acceptors (Lipinski definition) is 5. The normalized spacial score (nSPS) is 25.4. The summed E-state index contributed by atoms with van der Waals surface area (Å²) in [6, 6.07) is 6.18. The van der Waals surface area contributed by atoms with Gasteiger partial charge in [-0.15, -0.1) is 12.4 Å². The smallest absolute Gasteiger partial charge is 0.246 e. The molecule has 6 nitrogen and oxygen atoms in total. The quantitative estimate of drug-likeness (QED) is 0.832. The largest absolute Gasteiger partial charge is 0.493 e. The Hall–Kier alpha value is -1.79. The third-order valence-electron chi connectivity index (χ3n) is 6.21. The number of ether oxygens (including phenoxy) is 2. The van der Waals surface area contributed by atoms with Crippen LogP contribution in [0, 0.1) is 11.8 Å². The van der Waals surface area contributed by atoms with Gasteiger partial charge in [0.25, 0.3) is 0 Å². The summed E-state index contributed by atoms with van der Waals surface area (Å²) < 4.78 is 10.9. The van der Waals surface area contributed by atoms with Crippen molar-refractivity contribution in [3.63, 3.8) is 0 Å². The molecular formula is C21H30ClN3O3. The number of halogens is 1. The third kappa shape index (κ3) is 3.85. The molecule has 0 bridgehead atoms. The number of hydrogen-bond donors (Lipinski definition) is 1. The number of methoxy groups -OCH3 is 2. The molecule has 28 heavy (non-hydrogen) atoms. The van der Waals surface area contributed by atoms with Crippen LogP contribution in [0.1, 0.15) is 44.1 Å². The molecule has 2 heterocycles. The molecule has 1 saturated heterocycles. The number of nitrogens with one attached hydrogen (secondary N) is 1. The zero-order chi connectivity index (χ0) is 18.8. The second kappa shape index (κ2) is 9.14. The Balaban J connectivity index is 0.00000225. The first-order valence-corrected chi connectivity index (χ1v) is 10.1. The summed E-state index contributed by atoms with van der Waals surface area (Å²) in [5.41, 5.74) is 2.08. The summed E-state index contributed by atoms with van der Waals surface area (Å²) in [6.45, 7) is 1.90. The van der Waals surface area contributed by atoms with Crippen molar-refractivity contribution in [2.24, 2.45) is 16.9 Å². The van der Waals surface area contributed by atoms with Gasteiger partial charge in [0, 0.05) is 17.4 Å². The van der Waals surface area contributed by atoms with Crippen LogP contribution in [0.5, 0.6) is 11.5 Å². The number of hydrazone groups is 1. The van der Waals surface area contributed by atoms with Gasteiger partial charge in [0.15, 0.2) is 11.5 Å². The molecule has 1 amide bonds. The number of amides is 1. The van der Waals surface area contributed by atoms with Crippen molar-refractivity contribution in [1.82, 2.24) is 10.3 Å². The van der Waals surface area contributed by atoms with Gasteiger partial charge in [0.1, 0.15) is 0 Å². The molecular weight excluding hydrogens is 378 g/mol. The molecule has 4 rings (SSSR count). The monoisotopic (exact) mass is 407 g/mol. The highest BCUT2D eigenvalue weighted by Crippen LogP contribution is 2.40. The lowest BCUT2D eigenvalue weighted by Gasteiger charge is -2.42. The Kier molecular flexibility index (Phi) is 6.83. The minimum absolute atomic E-state index is 0. The van der Waals surface area contributed by atoms with Crippen LogP contribution < -0.4 is 14.8 Å². The van der Waals surface area contributed by atoms with E-state index in [2.05, 4.69) is 5.32 Å². The van der Waals surface area contributed by atoms with E-state index in [4.69, 9.17) is 14.6 Å². The van der Waals surface area contributed by atoms with Crippen molar-refractivity contribution in [3.8, 4) is 11.5 Å². The minimum Gasteiger partial charge on any atom is -0.493 e. The van der Waals surface area contributed by atoms with Crippen molar-refractivity contribution in [1.29, 1.82) is 0 Å². The summed E-state index contributed by atoms with van der Waals surface area (Å²) in [6.07, 6.45) is 6.22. The molecule has 1 saturated carbocycles. The molecule has 7 heteroatoms. The molecule has 2 atom stereocenters. The van der Waals surface area contributed by atoms with Crippen LogP contribution in [-0.2, 0) is 4.79 Å². The maximum absolute atomic E-state index is 13.2. The minimum atomic E-state index is 0. The van der Waals surface area contributed by atoms with Crippen LogP contribution in [0.2, 0.25) is 0 Å². The lowest BCUT2D eigenvalue weighted by Crippen LogP contribution is -2.52. The number of carbonyl (C=O) groups excluding carboxylic acids is 1. The van der Waals surface area contributed by atoms with Gasteiger partial charge < -0.3 is 14.8 Å². The van der Waals surface area contributed by atoms with Crippen LogP contribution >= 0.6 is 12.4 Å². The second-order valence-electron chi connectivity index (χ2n) is 7.72. The molecule has 0 unspecified atom stereocenters. The van der Waals surface area contributed by atoms with Crippen LogP contribution in [0.3, 0.4) is 0 Å². The number of fused-ring (bicyclic) bond motifs is 1. The van der Waals surface area contributed by atoms with Crippen LogP contribution in [0.4, 0.5) is 0 Å². The van der Waals surface area contributed by atoms with E-state index in [0.717, 1.165) is 62.9 Å². The third-order valence-corrected chi connectivity index (χ3v) is 6.21. The predicted octanol–water partition coefficient (Wildman–Crippen LogP) is 3.23. The first kappa shape index (κ1) is 20.9. The van der Waals surface area contributed by atoms with Gasteiger partial charge in [-0.1, -0.05) is 12.8 Å². The van der Waals surface area contributed by atoms with E-state index in [0.29, 0.717) is 11.5 Å². The molecule has 1 N–H and O–H groups in total. The number of rotatable bonds is 4. The standard InChI is InChI=1S/C21H29N3O3.ClH/c1-26-18-8-7-14(13-19(18)27-2)20-16-5-3-4-6-17(16)21(25)24(23-20)15-9-11-22-12-10-15;/h7-8,13,15-17,22H,3-6,9-12H2,1-2H3;1H/t16-,17+;/m0./s1. The van der Waals surface area contributed by atoms with Gasteiger partial charge in [-0.05, 0) is 57.0 Å². The molecule has 0 radical (unpaired) electrons. The maximum Gasteiger partial charge on any atom is 0.246 e. The maximum atomic E-state index is 13.2. The Morgan fingerprint density at radius 2 is 1.68 bits per heavy atom. The van der Waals surface area contributed by atoms with E-state index in [1.165, 1.54) is 0 Å². The lowest BCUT2D eigenvalue weighted by molar-refractivity contribution is -0.142. The van der Waals surface area contributed by atoms with Gasteiger partial charge in [0.2, 0.25) is 5.91 Å². The molecule has 154 valence electrons. The van der Waals surface area contributed by atoms with Crippen molar-refractivity contribution >= 4 is 24.0 Å². The van der Waals surface area contributed by atoms with Gasteiger partial charge in [-0.25, -0.2) is 5.01 Å². The molecule has 0 aromatic heterocycles. The zero-order valence-electron chi connectivity index (χ0n) is 16.6. The van der Waals surface area contributed by atoms with Gasteiger partial charge in [0.05, 0.1) is 26.0 Å². The topological polar surface area (TPSA) is 63.2 Å². The Morgan fingerprint density at radius 1 is 1.00 bits per heavy atom. The predicted molar refractivity (Wildman–Crippen MR) is 112 cm³/mol. The fourth-order valence-electron chi connectivity index (χ4n) is 4.74. The average molecular weight is 408 g/mol. The molecule has 1 aromatic carbocycles. The van der Waals surface area contributed by atoms with Crippen LogP contribution in [-0.4, -0.2) is 50.0 Å². The summed E-state index contributed by atoms with van der Waals surface area (Å²) in [4.78, 5) is 13.2. The van der Waals surface area contributed by atoms with Gasteiger partial charge >= 0.3 is 0 Å². The molecule has 3 aliphatic rings. The van der Waals surface area contributed by atoms with E-state index < -0.39 is 0 Å². The fraction of sp³-hybridized carbons (Fsp3) is 0.619. The SMILES string of the molecule is COc1ccc(C2=NN(C3CCNCC3)C(=O)[C@@H]3CCCC[C@H]23)cc1OC.Cl. The average Bonchev–Trinajstić information content (AvgIpc) is 2.74. The molecule has 2 aliphatic heterocycles. The van der Waals surface area contributed by atoms with E-state index in [-0.39, 0.29) is 36.2 Å².